The predicted molar refractivity (Wildman–Crippen MR) is 23.0 cm³/mol. The van der Waals surface area contributed by atoms with Gasteiger partial charge in [-0.1, -0.05) is 0 Å². The van der Waals surface area contributed by atoms with E-state index >= 15 is 0 Å². The molecule has 6 heavy (non-hydrogen) atoms. The lowest BCUT2D eigenvalue weighted by molar-refractivity contribution is 0.0850. The highest BCUT2D eigenvalue weighted by molar-refractivity contribution is 6.46. The molecule has 0 atom stereocenters. The molecule has 1 rings (SSSR count). The van der Waals surface area contributed by atoms with Gasteiger partial charge in [0.1, 0.15) is 0 Å². The van der Waals surface area contributed by atoms with Crippen LogP contribution < -0.4 is 0 Å². The molecule has 0 radical (unpaired) electrons. The lowest BCUT2D eigenvalue weighted by Crippen LogP contribution is -2.19. The van der Waals surface area contributed by atoms with Gasteiger partial charge in [-0.05, 0) is 14.1 Å². The van der Waals surface area contributed by atoms with Gasteiger partial charge in [0, 0.05) is 0 Å². The Hall–Kier alpha value is 0.0969. The Bertz CT molecular complexity index is 53.5. The standard InChI is InChI=1S/C2H7NO2Si/c1-3(2)6-4-5-6/h6H,1-2H3. The van der Waals surface area contributed by atoms with Crippen molar-refractivity contribution in [2.75, 3.05) is 14.1 Å². The Balaban J connectivity index is 2.13. The van der Waals surface area contributed by atoms with E-state index in [0.717, 1.165) is 0 Å². The number of rotatable bonds is 1. The first-order chi connectivity index (χ1) is 2.80. The highest BCUT2D eigenvalue weighted by atomic mass is 28.3. The minimum Gasteiger partial charge on any atom is -0.285 e. The maximum absolute atomic E-state index is 4.53. The van der Waals surface area contributed by atoms with Crippen LogP contribution in [0.4, 0.5) is 0 Å². The van der Waals surface area contributed by atoms with E-state index in [4.69, 9.17) is 0 Å². The second-order valence-corrected chi connectivity index (χ2v) is 3.49. The molecule has 0 aromatic carbocycles. The van der Waals surface area contributed by atoms with Crippen molar-refractivity contribution in [1.29, 1.82) is 0 Å². The molecule has 0 aliphatic carbocycles. The molecule has 1 aliphatic rings. The van der Waals surface area contributed by atoms with E-state index in [-0.39, 0.29) is 0 Å². The van der Waals surface area contributed by atoms with Crippen molar-refractivity contribution in [2.24, 2.45) is 0 Å². The molecule has 0 aromatic heterocycles. The number of hydrogen-bond acceptors (Lipinski definition) is 3. The summed E-state index contributed by atoms with van der Waals surface area (Å²) in [6.07, 6.45) is 0. The zero-order chi connectivity index (χ0) is 4.57. The summed E-state index contributed by atoms with van der Waals surface area (Å²) in [5.41, 5.74) is 0. The smallest absolute Gasteiger partial charge is 0.285 e. The van der Waals surface area contributed by atoms with E-state index in [9.17, 15) is 0 Å². The maximum Gasteiger partial charge on any atom is 0.471 e. The monoisotopic (exact) mass is 105 g/mol. The van der Waals surface area contributed by atoms with Crippen molar-refractivity contribution < 1.29 is 9.15 Å². The molecule has 0 unspecified atom stereocenters. The number of hydrogen-bond donors (Lipinski definition) is 0. The normalized spacial score (nSPS) is 22.5. The average Bonchev–Trinajstić information content (AvgIpc) is 2.06. The first-order valence-electron chi connectivity index (χ1n) is 1.79. The van der Waals surface area contributed by atoms with Crippen LogP contribution in [0, 0.1) is 0 Å². The fourth-order valence-electron chi connectivity index (χ4n) is 0.197. The minimum absolute atomic E-state index is 1.16. The summed E-state index contributed by atoms with van der Waals surface area (Å²) in [6, 6.07) is 0. The molecule has 0 saturated carbocycles. The lowest BCUT2D eigenvalue weighted by Gasteiger charge is -1.93. The van der Waals surface area contributed by atoms with Gasteiger partial charge in [-0.25, -0.2) is 9.15 Å². The second kappa shape index (κ2) is 1.30. The van der Waals surface area contributed by atoms with Gasteiger partial charge in [0.15, 0.2) is 0 Å². The van der Waals surface area contributed by atoms with Crippen LogP contribution in [0.3, 0.4) is 0 Å². The molecule has 0 spiro atoms. The van der Waals surface area contributed by atoms with Crippen LogP contribution >= 0.6 is 0 Å². The Morgan fingerprint density at radius 3 is 1.83 bits per heavy atom. The van der Waals surface area contributed by atoms with E-state index in [1.54, 1.807) is 0 Å². The van der Waals surface area contributed by atoms with Crippen LogP contribution in [0.2, 0.25) is 0 Å². The molecule has 1 heterocycles. The SMILES string of the molecule is CN(C)[SiH]1OO1. The topological polar surface area (TPSA) is 28.3 Å². The molecule has 0 N–H and O–H groups in total. The first-order valence-corrected chi connectivity index (χ1v) is 3.25. The van der Waals surface area contributed by atoms with Crippen molar-refractivity contribution in [3.05, 3.63) is 0 Å². The van der Waals surface area contributed by atoms with E-state index in [2.05, 4.69) is 9.15 Å². The van der Waals surface area contributed by atoms with E-state index < -0.39 is 9.45 Å². The van der Waals surface area contributed by atoms with Crippen molar-refractivity contribution in [3.63, 3.8) is 0 Å². The second-order valence-electron chi connectivity index (χ2n) is 1.46. The highest BCUT2D eigenvalue weighted by Gasteiger charge is 2.32. The van der Waals surface area contributed by atoms with Crippen LogP contribution in [0.5, 0.6) is 0 Å². The summed E-state index contributed by atoms with van der Waals surface area (Å²) in [5, 5.41) is 0. The molecule has 1 aliphatic heterocycles. The van der Waals surface area contributed by atoms with Crippen LogP contribution in [0.25, 0.3) is 0 Å². The molecular formula is C2H7NO2Si. The Morgan fingerprint density at radius 1 is 1.33 bits per heavy atom. The van der Waals surface area contributed by atoms with Gasteiger partial charge in [0.25, 0.3) is 0 Å². The van der Waals surface area contributed by atoms with Crippen LogP contribution in [-0.2, 0) is 9.15 Å². The van der Waals surface area contributed by atoms with Crippen molar-refractivity contribution in [1.82, 2.24) is 4.57 Å². The van der Waals surface area contributed by atoms with E-state index in [1.165, 1.54) is 0 Å². The molecular weight excluding hydrogens is 98.1 g/mol. The molecule has 1 fully saturated rings. The van der Waals surface area contributed by atoms with Gasteiger partial charge in [-0.3, -0.25) is 4.57 Å². The maximum atomic E-state index is 4.53. The molecule has 36 valence electrons. The Morgan fingerprint density at radius 2 is 1.83 bits per heavy atom. The first kappa shape index (κ1) is 4.26. The van der Waals surface area contributed by atoms with Gasteiger partial charge >= 0.3 is 9.45 Å². The molecule has 3 nitrogen and oxygen atoms in total. The summed E-state index contributed by atoms with van der Waals surface area (Å²) >= 11 is 0. The average molecular weight is 105 g/mol. The lowest BCUT2D eigenvalue weighted by atomic mass is 11.3. The quantitative estimate of drug-likeness (QED) is 0.249. The molecule has 0 bridgehead atoms. The largest absolute Gasteiger partial charge is 0.471 e. The van der Waals surface area contributed by atoms with Crippen molar-refractivity contribution in [3.8, 4) is 0 Å². The van der Waals surface area contributed by atoms with E-state index in [1.807, 2.05) is 18.7 Å². The number of nitrogens with zero attached hydrogens (tertiary/aromatic N) is 1. The third kappa shape index (κ3) is 0.780. The van der Waals surface area contributed by atoms with Crippen LogP contribution in [0.1, 0.15) is 0 Å². The molecule has 0 amide bonds. The molecule has 0 aromatic rings. The summed E-state index contributed by atoms with van der Waals surface area (Å²) in [7, 11) is 2.74. The van der Waals surface area contributed by atoms with Gasteiger partial charge in [0.05, 0.1) is 0 Å². The summed E-state index contributed by atoms with van der Waals surface area (Å²) in [4.78, 5) is 0. The minimum atomic E-state index is -1.16. The summed E-state index contributed by atoms with van der Waals surface area (Å²) in [5.74, 6) is 0. The predicted octanol–water partition coefficient (Wildman–Crippen LogP) is -0.773. The molecule has 4 heteroatoms. The Kier molecular flexibility index (Phi) is 0.927. The molecule has 1 saturated heterocycles. The summed E-state index contributed by atoms with van der Waals surface area (Å²) in [6.45, 7) is 0. The van der Waals surface area contributed by atoms with E-state index in [0.29, 0.717) is 0 Å². The fourth-order valence-corrected chi connectivity index (χ4v) is 0.740. The third-order valence-electron chi connectivity index (χ3n) is 0.604. The zero-order valence-electron chi connectivity index (χ0n) is 3.84. The van der Waals surface area contributed by atoms with Crippen molar-refractivity contribution in [2.45, 2.75) is 0 Å². The van der Waals surface area contributed by atoms with Crippen LogP contribution in [0.15, 0.2) is 0 Å². The Labute approximate surface area is 38.3 Å². The van der Waals surface area contributed by atoms with Crippen LogP contribution in [-0.4, -0.2) is 28.1 Å². The zero-order valence-corrected chi connectivity index (χ0v) is 5.00. The van der Waals surface area contributed by atoms with Gasteiger partial charge in [-0.15, -0.1) is 0 Å². The van der Waals surface area contributed by atoms with Gasteiger partial charge < -0.3 is 0 Å². The van der Waals surface area contributed by atoms with Crippen molar-refractivity contribution >= 4 is 9.45 Å². The third-order valence-corrected chi connectivity index (χ3v) is 1.81. The highest BCUT2D eigenvalue weighted by Crippen LogP contribution is 2.06. The van der Waals surface area contributed by atoms with Gasteiger partial charge in [-0.2, -0.15) is 0 Å². The fraction of sp³-hybridized carbons (Fsp3) is 1.00. The van der Waals surface area contributed by atoms with Gasteiger partial charge in [0.2, 0.25) is 0 Å². The summed E-state index contributed by atoms with van der Waals surface area (Å²) < 4.78 is 11.0.